The van der Waals surface area contributed by atoms with Crippen molar-refractivity contribution in [2.75, 3.05) is 6.61 Å². The molecule has 0 bridgehead atoms. The molecule has 2 N–H and O–H groups in total. The molecule has 0 saturated heterocycles. The number of carbonyl (C=O) groups is 2. The molecule has 0 radical (unpaired) electrons. The molecule has 14 heavy (non-hydrogen) atoms. The van der Waals surface area contributed by atoms with Crippen LogP contribution in [0.15, 0.2) is 24.8 Å². The van der Waals surface area contributed by atoms with Gasteiger partial charge in [-0.25, -0.2) is 4.79 Å². The van der Waals surface area contributed by atoms with Crippen molar-refractivity contribution in [1.82, 2.24) is 0 Å². The van der Waals surface area contributed by atoms with E-state index in [1.54, 1.807) is 6.92 Å². The van der Waals surface area contributed by atoms with E-state index < -0.39 is 5.91 Å². The van der Waals surface area contributed by atoms with Gasteiger partial charge in [0.2, 0.25) is 5.91 Å². The molecule has 0 aliphatic heterocycles. The van der Waals surface area contributed by atoms with Gasteiger partial charge in [0.1, 0.15) is 0 Å². The Morgan fingerprint density at radius 2 is 1.93 bits per heavy atom. The molecule has 0 aromatic heterocycles. The number of rotatable bonds is 4. The molecule has 0 aliphatic rings. The fraction of sp³-hybridized carbons (Fsp3) is 0.400. The second-order valence-electron chi connectivity index (χ2n) is 2.52. The van der Waals surface area contributed by atoms with Crippen molar-refractivity contribution in [1.29, 1.82) is 0 Å². The van der Waals surface area contributed by atoms with Crippen molar-refractivity contribution in [3.05, 3.63) is 24.8 Å². The molecule has 0 atom stereocenters. The van der Waals surface area contributed by atoms with E-state index in [1.165, 1.54) is 0 Å². The predicted molar refractivity (Wildman–Crippen MR) is 55.5 cm³/mol. The van der Waals surface area contributed by atoms with Crippen LogP contribution in [0.5, 0.6) is 0 Å². The molecule has 4 nitrogen and oxygen atoms in total. The van der Waals surface area contributed by atoms with E-state index in [0.717, 1.165) is 12.5 Å². The number of primary amides is 1. The highest BCUT2D eigenvalue weighted by Gasteiger charge is 1.99. The average molecular weight is 199 g/mol. The first-order valence-electron chi connectivity index (χ1n) is 4.20. The fourth-order valence-electron chi connectivity index (χ4n) is 0.318. The van der Waals surface area contributed by atoms with Gasteiger partial charge in [-0.05, 0) is 19.4 Å². The second kappa shape index (κ2) is 9.51. The largest absolute Gasteiger partial charge is 0.462 e. The first-order chi connectivity index (χ1) is 6.45. The number of amides is 1. The van der Waals surface area contributed by atoms with Crippen LogP contribution in [0.2, 0.25) is 0 Å². The Morgan fingerprint density at radius 1 is 1.50 bits per heavy atom. The summed E-state index contributed by atoms with van der Waals surface area (Å²) in [4.78, 5) is 20.1. The van der Waals surface area contributed by atoms with Crippen molar-refractivity contribution in [3.8, 4) is 0 Å². The van der Waals surface area contributed by atoms with Crippen LogP contribution in [-0.4, -0.2) is 18.5 Å². The third-order valence-corrected chi connectivity index (χ3v) is 0.987. The van der Waals surface area contributed by atoms with Gasteiger partial charge in [-0.15, -0.1) is 0 Å². The number of esters is 1. The molecule has 1 amide bonds. The zero-order valence-electron chi connectivity index (χ0n) is 8.71. The molecule has 0 aliphatic carbocycles. The summed E-state index contributed by atoms with van der Waals surface area (Å²) in [5.41, 5.74) is 5.00. The Hall–Kier alpha value is -1.58. The molecule has 0 aromatic carbocycles. The molecular formula is C10H17NO3. The van der Waals surface area contributed by atoms with Crippen LogP contribution in [0.25, 0.3) is 0 Å². The zero-order chi connectivity index (χ0) is 11.6. The Kier molecular flexibility index (Phi) is 10.1. The number of hydrogen-bond donors (Lipinski definition) is 1. The Balaban J connectivity index is 0. The molecule has 0 aromatic rings. The monoisotopic (exact) mass is 199 g/mol. The van der Waals surface area contributed by atoms with E-state index in [-0.39, 0.29) is 5.97 Å². The minimum Gasteiger partial charge on any atom is -0.462 e. The first kappa shape index (κ1) is 14.9. The van der Waals surface area contributed by atoms with Crippen LogP contribution in [0.3, 0.4) is 0 Å². The lowest BCUT2D eigenvalue weighted by atomic mass is 10.4. The molecule has 0 spiro atoms. The highest BCUT2D eigenvalue weighted by atomic mass is 16.5. The molecule has 0 heterocycles. The highest BCUT2D eigenvalue weighted by Crippen LogP contribution is 1.91. The third-order valence-electron chi connectivity index (χ3n) is 0.987. The Labute approximate surface area is 84.4 Å². The van der Waals surface area contributed by atoms with Gasteiger partial charge in [-0.3, -0.25) is 4.79 Å². The van der Waals surface area contributed by atoms with Crippen LogP contribution < -0.4 is 5.73 Å². The molecule has 0 rings (SSSR count). The fourth-order valence-corrected chi connectivity index (χ4v) is 0.318. The lowest BCUT2D eigenvalue weighted by Crippen LogP contribution is -2.04. The van der Waals surface area contributed by atoms with E-state index >= 15 is 0 Å². The summed E-state index contributed by atoms with van der Waals surface area (Å²) in [6.45, 7) is 10.6. The lowest BCUT2D eigenvalue weighted by Gasteiger charge is -1.99. The van der Waals surface area contributed by atoms with E-state index in [2.05, 4.69) is 18.9 Å². The molecule has 4 heteroatoms. The molecule has 0 unspecified atom stereocenters. The summed E-state index contributed by atoms with van der Waals surface area (Å²) in [5, 5.41) is 0. The van der Waals surface area contributed by atoms with Gasteiger partial charge < -0.3 is 10.5 Å². The average Bonchev–Trinajstić information content (AvgIpc) is 2.14. The van der Waals surface area contributed by atoms with E-state index in [9.17, 15) is 9.59 Å². The van der Waals surface area contributed by atoms with Crippen molar-refractivity contribution in [2.24, 2.45) is 5.73 Å². The lowest BCUT2D eigenvalue weighted by molar-refractivity contribution is -0.138. The van der Waals surface area contributed by atoms with Crippen LogP contribution in [0.4, 0.5) is 0 Å². The van der Waals surface area contributed by atoms with Gasteiger partial charge in [0.25, 0.3) is 0 Å². The maximum atomic E-state index is 10.6. The van der Waals surface area contributed by atoms with Crippen molar-refractivity contribution < 1.29 is 14.3 Å². The molecular weight excluding hydrogens is 182 g/mol. The van der Waals surface area contributed by atoms with Crippen molar-refractivity contribution >= 4 is 11.9 Å². The number of carbonyl (C=O) groups excluding carboxylic acids is 2. The predicted octanol–water partition coefficient (Wildman–Crippen LogP) is 1.17. The minimum atomic E-state index is -0.481. The Morgan fingerprint density at radius 3 is 2.14 bits per heavy atom. The van der Waals surface area contributed by atoms with E-state index in [1.807, 2.05) is 6.92 Å². The number of ether oxygens (including phenoxy) is 1. The minimum absolute atomic E-state index is 0.295. The number of nitrogens with two attached hydrogens (primary N) is 1. The van der Waals surface area contributed by atoms with Gasteiger partial charge in [0, 0.05) is 5.57 Å². The maximum absolute atomic E-state index is 10.6. The van der Waals surface area contributed by atoms with Crippen molar-refractivity contribution in [2.45, 2.75) is 20.3 Å². The van der Waals surface area contributed by atoms with E-state index in [4.69, 9.17) is 4.74 Å². The van der Waals surface area contributed by atoms with Gasteiger partial charge in [-0.1, -0.05) is 20.1 Å². The summed E-state index contributed by atoms with van der Waals surface area (Å²) >= 11 is 0. The topological polar surface area (TPSA) is 69.4 Å². The zero-order valence-corrected chi connectivity index (χ0v) is 8.71. The van der Waals surface area contributed by atoms with Crippen LogP contribution in [0.1, 0.15) is 20.3 Å². The quantitative estimate of drug-likeness (QED) is 0.546. The third kappa shape index (κ3) is 13.0. The summed E-state index contributed by atoms with van der Waals surface area (Å²) < 4.78 is 4.71. The number of hydrogen-bond acceptors (Lipinski definition) is 3. The normalized spacial score (nSPS) is 7.86. The summed E-state index contributed by atoms with van der Waals surface area (Å²) in [6, 6.07) is 0. The highest BCUT2D eigenvalue weighted by molar-refractivity contribution is 5.86. The van der Waals surface area contributed by atoms with E-state index in [0.29, 0.717) is 12.2 Å². The summed E-state index contributed by atoms with van der Waals surface area (Å²) in [6.07, 6.45) is 1.92. The van der Waals surface area contributed by atoms with Gasteiger partial charge in [0.05, 0.1) is 6.61 Å². The summed E-state index contributed by atoms with van der Waals surface area (Å²) in [7, 11) is 0. The van der Waals surface area contributed by atoms with Crippen LogP contribution in [0, 0.1) is 0 Å². The summed E-state index contributed by atoms with van der Waals surface area (Å²) in [5.74, 6) is -0.776. The van der Waals surface area contributed by atoms with Crippen molar-refractivity contribution in [3.63, 3.8) is 0 Å². The van der Waals surface area contributed by atoms with Gasteiger partial charge in [0.15, 0.2) is 0 Å². The molecule has 80 valence electrons. The van der Waals surface area contributed by atoms with Gasteiger partial charge in [-0.2, -0.15) is 0 Å². The molecule has 0 saturated carbocycles. The SMILES string of the molecule is C=C(C)C(=O)OCCC.C=CC(N)=O. The standard InChI is InChI=1S/C7H12O2.C3H5NO/c1-4-5-9-7(8)6(2)3;1-2-3(4)5/h2,4-5H2,1,3H3;2H,1H2,(H2,4,5). The molecule has 0 fully saturated rings. The smallest absolute Gasteiger partial charge is 0.333 e. The van der Waals surface area contributed by atoms with Gasteiger partial charge >= 0.3 is 5.97 Å². The van der Waals surface area contributed by atoms with Crippen LogP contribution in [-0.2, 0) is 14.3 Å². The Bertz CT molecular complexity index is 221. The second-order valence-corrected chi connectivity index (χ2v) is 2.52. The first-order valence-corrected chi connectivity index (χ1v) is 4.20. The maximum Gasteiger partial charge on any atom is 0.333 e. The van der Waals surface area contributed by atoms with Crippen LogP contribution >= 0.6 is 0 Å².